The van der Waals surface area contributed by atoms with Crippen LogP contribution in [0.1, 0.15) is 17.2 Å². The Morgan fingerprint density at radius 1 is 1.47 bits per heavy atom. The van der Waals surface area contributed by atoms with Gasteiger partial charge in [0.2, 0.25) is 0 Å². The van der Waals surface area contributed by atoms with Crippen molar-refractivity contribution >= 4 is 0 Å². The maximum atomic E-state index is 9.02. The maximum absolute atomic E-state index is 9.02. The van der Waals surface area contributed by atoms with Crippen LogP contribution in [0.3, 0.4) is 0 Å². The Kier molecular flexibility index (Phi) is 3.00. The van der Waals surface area contributed by atoms with Gasteiger partial charge in [0.15, 0.2) is 0 Å². The zero-order valence-corrected chi connectivity index (χ0v) is 8.90. The van der Waals surface area contributed by atoms with E-state index in [0.717, 1.165) is 30.8 Å². The minimum absolute atomic E-state index is 0.291. The summed E-state index contributed by atoms with van der Waals surface area (Å²) in [6.07, 6.45) is 0. The fourth-order valence-corrected chi connectivity index (χ4v) is 2.01. The van der Waals surface area contributed by atoms with Gasteiger partial charge in [-0.15, -0.1) is 0 Å². The van der Waals surface area contributed by atoms with Crippen molar-refractivity contribution in [2.24, 2.45) is 0 Å². The number of nitriles is 1. The Labute approximate surface area is 90.3 Å². The molecule has 1 aliphatic heterocycles. The topological polar surface area (TPSA) is 39.1 Å². The molecule has 1 atom stereocenters. The molecular formula is C12H15N3. The highest BCUT2D eigenvalue weighted by Crippen LogP contribution is 2.19. The van der Waals surface area contributed by atoms with Gasteiger partial charge in [-0.05, 0) is 18.7 Å². The molecule has 1 N–H and O–H groups in total. The smallest absolute Gasteiger partial charge is 0.0995 e. The molecule has 1 heterocycles. The molecule has 0 bridgehead atoms. The lowest BCUT2D eigenvalue weighted by molar-refractivity contribution is 0.240. The first kappa shape index (κ1) is 10.2. The normalized spacial score (nSPS) is 22.3. The zero-order chi connectivity index (χ0) is 10.7. The first-order valence-electron chi connectivity index (χ1n) is 5.22. The van der Waals surface area contributed by atoms with Gasteiger partial charge in [-0.25, -0.2) is 0 Å². The van der Waals surface area contributed by atoms with Crippen molar-refractivity contribution in [3.05, 3.63) is 35.4 Å². The van der Waals surface area contributed by atoms with Crippen molar-refractivity contribution in [1.29, 1.82) is 5.26 Å². The summed E-state index contributed by atoms with van der Waals surface area (Å²) >= 11 is 0. The molecule has 0 saturated carbocycles. The highest BCUT2D eigenvalue weighted by molar-refractivity contribution is 5.39. The van der Waals surface area contributed by atoms with Crippen LogP contribution in [0.5, 0.6) is 0 Å². The quantitative estimate of drug-likeness (QED) is 0.740. The standard InChI is InChI=1S/C12H15N3/c1-15-7-6-14-12(9-15)11-5-3-2-4-10(11)8-13/h2-5,12,14H,6-7,9H2,1H3. The summed E-state index contributed by atoms with van der Waals surface area (Å²) in [7, 11) is 2.11. The van der Waals surface area contributed by atoms with E-state index in [4.69, 9.17) is 5.26 Å². The fraction of sp³-hybridized carbons (Fsp3) is 0.417. The molecule has 0 aromatic heterocycles. The molecular weight excluding hydrogens is 186 g/mol. The summed E-state index contributed by atoms with van der Waals surface area (Å²) in [6, 6.07) is 10.4. The summed E-state index contributed by atoms with van der Waals surface area (Å²) in [5.74, 6) is 0. The maximum Gasteiger partial charge on any atom is 0.0995 e. The van der Waals surface area contributed by atoms with Crippen LogP contribution in [0.4, 0.5) is 0 Å². The second-order valence-corrected chi connectivity index (χ2v) is 3.97. The van der Waals surface area contributed by atoms with Crippen molar-refractivity contribution in [3.63, 3.8) is 0 Å². The van der Waals surface area contributed by atoms with Gasteiger partial charge in [0.25, 0.3) is 0 Å². The molecule has 1 aromatic carbocycles. The first-order valence-corrected chi connectivity index (χ1v) is 5.22. The Bertz CT molecular complexity index is 381. The van der Waals surface area contributed by atoms with Crippen LogP contribution < -0.4 is 5.32 Å². The number of nitrogens with one attached hydrogen (secondary N) is 1. The van der Waals surface area contributed by atoms with E-state index in [2.05, 4.69) is 23.3 Å². The first-order chi connectivity index (χ1) is 7.31. The van der Waals surface area contributed by atoms with Crippen LogP contribution in [0.15, 0.2) is 24.3 Å². The van der Waals surface area contributed by atoms with Gasteiger partial charge in [0.1, 0.15) is 0 Å². The Balaban J connectivity index is 2.25. The van der Waals surface area contributed by atoms with Crippen LogP contribution in [0.2, 0.25) is 0 Å². The molecule has 78 valence electrons. The Morgan fingerprint density at radius 2 is 2.27 bits per heavy atom. The number of hydrogen-bond donors (Lipinski definition) is 1. The van der Waals surface area contributed by atoms with Crippen LogP contribution >= 0.6 is 0 Å². The number of nitrogens with zero attached hydrogens (tertiary/aromatic N) is 2. The van der Waals surface area contributed by atoms with E-state index in [0.29, 0.717) is 6.04 Å². The van der Waals surface area contributed by atoms with Gasteiger partial charge in [0.05, 0.1) is 11.6 Å². The summed E-state index contributed by atoms with van der Waals surface area (Å²) in [6.45, 7) is 3.03. The Hall–Kier alpha value is -1.37. The molecule has 3 heteroatoms. The van der Waals surface area contributed by atoms with Crippen molar-refractivity contribution < 1.29 is 0 Å². The van der Waals surface area contributed by atoms with Crippen LogP contribution in [-0.2, 0) is 0 Å². The number of benzene rings is 1. The molecule has 1 fully saturated rings. The summed E-state index contributed by atoms with van der Waals surface area (Å²) in [5.41, 5.74) is 1.90. The number of rotatable bonds is 1. The fourth-order valence-electron chi connectivity index (χ4n) is 2.01. The summed E-state index contributed by atoms with van der Waals surface area (Å²) in [4.78, 5) is 2.29. The third kappa shape index (κ3) is 2.17. The molecule has 0 radical (unpaired) electrons. The van der Waals surface area contributed by atoms with Crippen LogP contribution in [0, 0.1) is 11.3 Å². The molecule has 0 amide bonds. The number of piperazine rings is 1. The summed E-state index contributed by atoms with van der Waals surface area (Å²) < 4.78 is 0. The largest absolute Gasteiger partial charge is 0.308 e. The molecule has 2 rings (SSSR count). The second kappa shape index (κ2) is 4.43. The highest BCUT2D eigenvalue weighted by Gasteiger charge is 2.19. The minimum atomic E-state index is 0.291. The zero-order valence-electron chi connectivity index (χ0n) is 8.90. The number of hydrogen-bond acceptors (Lipinski definition) is 3. The van der Waals surface area contributed by atoms with Gasteiger partial charge in [0, 0.05) is 25.7 Å². The number of likely N-dealkylation sites (N-methyl/N-ethyl adjacent to an activating group) is 1. The third-order valence-corrected chi connectivity index (χ3v) is 2.84. The van der Waals surface area contributed by atoms with Gasteiger partial charge < -0.3 is 10.2 Å². The summed E-state index contributed by atoms with van der Waals surface area (Å²) in [5, 5.41) is 12.5. The van der Waals surface area contributed by atoms with E-state index in [1.165, 1.54) is 0 Å². The van der Waals surface area contributed by atoms with E-state index in [1.54, 1.807) is 0 Å². The third-order valence-electron chi connectivity index (χ3n) is 2.84. The van der Waals surface area contributed by atoms with E-state index in [9.17, 15) is 0 Å². The van der Waals surface area contributed by atoms with Gasteiger partial charge in [-0.3, -0.25) is 0 Å². The highest BCUT2D eigenvalue weighted by atomic mass is 15.2. The second-order valence-electron chi connectivity index (χ2n) is 3.97. The molecule has 0 aliphatic carbocycles. The lowest BCUT2D eigenvalue weighted by Crippen LogP contribution is -2.43. The van der Waals surface area contributed by atoms with Crippen molar-refractivity contribution in [2.45, 2.75) is 6.04 Å². The minimum Gasteiger partial charge on any atom is -0.308 e. The van der Waals surface area contributed by atoms with Gasteiger partial charge in [-0.1, -0.05) is 18.2 Å². The van der Waals surface area contributed by atoms with Gasteiger partial charge >= 0.3 is 0 Å². The lowest BCUT2D eigenvalue weighted by atomic mass is 9.99. The monoisotopic (exact) mass is 201 g/mol. The van der Waals surface area contributed by atoms with Crippen molar-refractivity contribution in [2.75, 3.05) is 26.7 Å². The molecule has 3 nitrogen and oxygen atoms in total. The van der Waals surface area contributed by atoms with E-state index < -0.39 is 0 Å². The van der Waals surface area contributed by atoms with Gasteiger partial charge in [-0.2, -0.15) is 5.26 Å². The average molecular weight is 201 g/mol. The molecule has 1 aromatic rings. The predicted molar refractivity (Wildman–Crippen MR) is 59.4 cm³/mol. The van der Waals surface area contributed by atoms with Crippen LogP contribution in [0.25, 0.3) is 0 Å². The predicted octanol–water partition coefficient (Wildman–Crippen LogP) is 1.13. The average Bonchev–Trinajstić information content (AvgIpc) is 2.29. The van der Waals surface area contributed by atoms with Crippen molar-refractivity contribution in [1.82, 2.24) is 10.2 Å². The lowest BCUT2D eigenvalue weighted by Gasteiger charge is -2.31. The molecule has 0 spiro atoms. The van der Waals surface area contributed by atoms with E-state index >= 15 is 0 Å². The Morgan fingerprint density at radius 3 is 3.00 bits per heavy atom. The van der Waals surface area contributed by atoms with E-state index in [1.807, 2.05) is 24.3 Å². The van der Waals surface area contributed by atoms with Crippen LogP contribution in [-0.4, -0.2) is 31.6 Å². The SMILES string of the molecule is CN1CCNC(c2ccccc2C#N)C1. The van der Waals surface area contributed by atoms with Crippen molar-refractivity contribution in [3.8, 4) is 6.07 Å². The molecule has 15 heavy (non-hydrogen) atoms. The molecule has 1 unspecified atom stereocenters. The molecule has 1 saturated heterocycles. The van der Waals surface area contributed by atoms with E-state index in [-0.39, 0.29) is 0 Å². The molecule has 1 aliphatic rings.